The van der Waals surface area contributed by atoms with Gasteiger partial charge in [0.05, 0.1) is 5.69 Å². The van der Waals surface area contributed by atoms with E-state index in [4.69, 9.17) is 4.74 Å². The number of carbonyl (C=O) groups excluding carboxylic acids is 2. The van der Waals surface area contributed by atoms with Crippen LogP contribution < -0.4 is 15.0 Å². The van der Waals surface area contributed by atoms with E-state index in [0.717, 1.165) is 24.9 Å². The van der Waals surface area contributed by atoms with Crippen molar-refractivity contribution < 1.29 is 14.3 Å². The predicted octanol–water partition coefficient (Wildman–Crippen LogP) is 3.34. The molecule has 22 heavy (non-hydrogen) atoms. The molecule has 1 aromatic carbocycles. The highest BCUT2D eigenvalue weighted by Gasteiger charge is 2.31. The number of benzene rings is 1. The van der Waals surface area contributed by atoms with E-state index in [0.29, 0.717) is 24.4 Å². The van der Waals surface area contributed by atoms with Gasteiger partial charge in [0, 0.05) is 18.7 Å². The van der Waals surface area contributed by atoms with Crippen LogP contribution in [0.1, 0.15) is 46.5 Å². The molecule has 2 rings (SSSR count). The molecule has 5 nitrogen and oxygen atoms in total. The average Bonchev–Trinajstić information content (AvgIpc) is 2.48. The van der Waals surface area contributed by atoms with Gasteiger partial charge in [0.1, 0.15) is 5.75 Å². The number of rotatable bonds is 6. The van der Waals surface area contributed by atoms with Gasteiger partial charge in [-0.1, -0.05) is 20.3 Å². The lowest BCUT2D eigenvalue weighted by atomic mass is 10.1. The van der Waals surface area contributed by atoms with E-state index in [2.05, 4.69) is 12.2 Å². The second kappa shape index (κ2) is 7.29. The molecule has 0 saturated heterocycles. The molecule has 0 aromatic heterocycles. The molecule has 1 aromatic rings. The molecule has 1 aliphatic heterocycles. The number of ether oxygens (including phenoxy) is 1. The largest absolute Gasteiger partial charge is 0.479 e. The summed E-state index contributed by atoms with van der Waals surface area (Å²) in [6.45, 7) is 6.49. The Morgan fingerprint density at radius 1 is 1.32 bits per heavy atom. The van der Waals surface area contributed by atoms with Crippen molar-refractivity contribution in [2.75, 3.05) is 16.8 Å². The predicted molar refractivity (Wildman–Crippen MR) is 87.3 cm³/mol. The van der Waals surface area contributed by atoms with Crippen LogP contribution in [0.3, 0.4) is 0 Å². The van der Waals surface area contributed by atoms with Gasteiger partial charge in [0.15, 0.2) is 6.10 Å². The maximum absolute atomic E-state index is 12.3. The number of amides is 2. The van der Waals surface area contributed by atoms with Gasteiger partial charge in [-0.15, -0.1) is 0 Å². The fourth-order valence-corrected chi connectivity index (χ4v) is 2.48. The summed E-state index contributed by atoms with van der Waals surface area (Å²) in [7, 11) is 0. The second-order valence-corrected chi connectivity index (χ2v) is 5.58. The summed E-state index contributed by atoms with van der Waals surface area (Å²) in [6.07, 6.45) is 2.78. The highest BCUT2D eigenvalue weighted by molar-refractivity contribution is 6.01. The smallest absolute Gasteiger partial charge is 0.267 e. The van der Waals surface area contributed by atoms with Crippen molar-refractivity contribution in [3.05, 3.63) is 18.2 Å². The summed E-state index contributed by atoms with van der Waals surface area (Å²) in [6, 6.07) is 5.45. The Morgan fingerprint density at radius 3 is 2.77 bits per heavy atom. The van der Waals surface area contributed by atoms with Gasteiger partial charge in [-0.3, -0.25) is 9.59 Å². The van der Waals surface area contributed by atoms with Crippen molar-refractivity contribution in [2.24, 2.45) is 0 Å². The third-order valence-electron chi connectivity index (χ3n) is 3.66. The van der Waals surface area contributed by atoms with Crippen LogP contribution in [0.5, 0.6) is 5.75 Å². The van der Waals surface area contributed by atoms with Gasteiger partial charge in [-0.2, -0.15) is 0 Å². The number of anilines is 2. The molecule has 0 spiro atoms. The zero-order chi connectivity index (χ0) is 16.1. The number of carbonyl (C=O) groups is 2. The van der Waals surface area contributed by atoms with E-state index >= 15 is 0 Å². The van der Waals surface area contributed by atoms with Gasteiger partial charge in [-0.05, 0) is 38.0 Å². The van der Waals surface area contributed by atoms with Crippen LogP contribution in [0, 0.1) is 0 Å². The monoisotopic (exact) mass is 304 g/mol. The highest BCUT2D eigenvalue weighted by atomic mass is 16.5. The fraction of sp³-hybridized carbons (Fsp3) is 0.529. The van der Waals surface area contributed by atoms with Crippen molar-refractivity contribution in [2.45, 2.75) is 52.6 Å². The second-order valence-electron chi connectivity index (χ2n) is 5.58. The standard InChI is InChI=1S/C17H24N2O3/c1-4-6-10-19-14-11-13(18-16(20)7-5-2)8-9-15(14)22-12(3)17(19)21/h8-9,11-12H,4-7,10H2,1-3H3,(H,18,20). The Kier molecular flexibility index (Phi) is 5.41. The minimum Gasteiger partial charge on any atom is -0.479 e. The average molecular weight is 304 g/mol. The molecular formula is C17H24N2O3. The minimum absolute atomic E-state index is 0.0148. The van der Waals surface area contributed by atoms with Gasteiger partial charge < -0.3 is 15.0 Å². The number of hydrogen-bond acceptors (Lipinski definition) is 3. The fourth-order valence-electron chi connectivity index (χ4n) is 2.48. The van der Waals surface area contributed by atoms with Gasteiger partial charge in [0.2, 0.25) is 5.91 Å². The lowest BCUT2D eigenvalue weighted by molar-refractivity contribution is -0.125. The molecule has 1 heterocycles. The molecule has 1 atom stereocenters. The van der Waals surface area contributed by atoms with Crippen LogP contribution in [0.4, 0.5) is 11.4 Å². The van der Waals surface area contributed by atoms with E-state index in [9.17, 15) is 9.59 Å². The zero-order valence-corrected chi connectivity index (χ0v) is 13.5. The Hall–Kier alpha value is -2.04. The van der Waals surface area contributed by atoms with Crippen LogP contribution in [-0.2, 0) is 9.59 Å². The van der Waals surface area contributed by atoms with Crippen LogP contribution >= 0.6 is 0 Å². The molecular weight excluding hydrogens is 280 g/mol. The molecule has 5 heteroatoms. The Bertz CT molecular complexity index is 557. The molecule has 0 bridgehead atoms. The van der Waals surface area contributed by atoms with Gasteiger partial charge >= 0.3 is 0 Å². The normalized spacial score (nSPS) is 17.0. The summed E-state index contributed by atoms with van der Waals surface area (Å²) in [5.74, 6) is 0.647. The number of nitrogens with one attached hydrogen (secondary N) is 1. The molecule has 1 unspecified atom stereocenters. The lowest BCUT2D eigenvalue weighted by Crippen LogP contribution is -2.44. The van der Waals surface area contributed by atoms with Crippen molar-refractivity contribution in [3.63, 3.8) is 0 Å². The van der Waals surface area contributed by atoms with Crippen molar-refractivity contribution >= 4 is 23.2 Å². The molecule has 0 aliphatic carbocycles. The van der Waals surface area contributed by atoms with Crippen LogP contribution in [0.2, 0.25) is 0 Å². The topological polar surface area (TPSA) is 58.6 Å². The molecule has 1 N–H and O–H groups in total. The van der Waals surface area contributed by atoms with E-state index in [-0.39, 0.29) is 11.8 Å². The van der Waals surface area contributed by atoms with E-state index in [1.807, 2.05) is 25.1 Å². The SMILES string of the molecule is CCCCN1C(=O)C(C)Oc2ccc(NC(=O)CCC)cc21. The highest BCUT2D eigenvalue weighted by Crippen LogP contribution is 2.36. The molecule has 0 radical (unpaired) electrons. The third-order valence-corrected chi connectivity index (χ3v) is 3.66. The molecule has 2 amide bonds. The van der Waals surface area contributed by atoms with Gasteiger partial charge in [-0.25, -0.2) is 0 Å². The minimum atomic E-state index is -0.468. The summed E-state index contributed by atoms with van der Waals surface area (Å²) < 4.78 is 5.66. The lowest BCUT2D eigenvalue weighted by Gasteiger charge is -2.33. The van der Waals surface area contributed by atoms with Crippen LogP contribution in [0.25, 0.3) is 0 Å². The first kappa shape index (κ1) is 16.3. The molecule has 120 valence electrons. The van der Waals surface area contributed by atoms with E-state index < -0.39 is 6.10 Å². The number of unbranched alkanes of at least 4 members (excludes halogenated alkanes) is 1. The summed E-state index contributed by atoms with van der Waals surface area (Å²) in [5.41, 5.74) is 1.44. The summed E-state index contributed by atoms with van der Waals surface area (Å²) >= 11 is 0. The van der Waals surface area contributed by atoms with Crippen molar-refractivity contribution in [1.82, 2.24) is 0 Å². The van der Waals surface area contributed by atoms with E-state index in [1.165, 1.54) is 0 Å². The number of fused-ring (bicyclic) bond motifs is 1. The van der Waals surface area contributed by atoms with Gasteiger partial charge in [0.25, 0.3) is 5.91 Å². The molecule has 0 saturated carbocycles. The third kappa shape index (κ3) is 3.59. The number of nitrogens with zero attached hydrogens (tertiary/aromatic N) is 1. The Labute approximate surface area is 131 Å². The first-order valence-corrected chi connectivity index (χ1v) is 7.98. The Balaban J connectivity index is 2.26. The maximum atomic E-state index is 12.3. The van der Waals surface area contributed by atoms with Crippen molar-refractivity contribution in [1.29, 1.82) is 0 Å². The first-order chi connectivity index (χ1) is 10.6. The summed E-state index contributed by atoms with van der Waals surface area (Å²) in [4.78, 5) is 25.8. The number of hydrogen-bond donors (Lipinski definition) is 1. The molecule has 0 fully saturated rings. The van der Waals surface area contributed by atoms with Crippen LogP contribution in [0.15, 0.2) is 18.2 Å². The zero-order valence-electron chi connectivity index (χ0n) is 13.5. The maximum Gasteiger partial charge on any atom is 0.267 e. The van der Waals surface area contributed by atoms with E-state index in [1.54, 1.807) is 11.8 Å². The quantitative estimate of drug-likeness (QED) is 0.877. The Morgan fingerprint density at radius 2 is 2.09 bits per heavy atom. The van der Waals surface area contributed by atoms with Crippen molar-refractivity contribution in [3.8, 4) is 5.75 Å². The molecule has 1 aliphatic rings. The summed E-state index contributed by atoms with van der Waals surface area (Å²) in [5, 5.41) is 2.86. The van der Waals surface area contributed by atoms with Crippen LogP contribution in [-0.4, -0.2) is 24.5 Å². The first-order valence-electron chi connectivity index (χ1n) is 7.98.